The highest BCUT2D eigenvalue weighted by Gasteiger charge is 2.22. The van der Waals surface area contributed by atoms with Gasteiger partial charge in [0, 0.05) is 19.0 Å². The molecule has 1 saturated carbocycles. The summed E-state index contributed by atoms with van der Waals surface area (Å²) in [5.74, 6) is 2.43. The molecule has 168 valence electrons. The normalized spacial score (nSPS) is 14.9. The second-order valence-electron chi connectivity index (χ2n) is 8.73. The van der Waals surface area contributed by atoms with Crippen LogP contribution in [-0.4, -0.2) is 24.0 Å². The first-order chi connectivity index (χ1) is 15.1. The van der Waals surface area contributed by atoms with Crippen molar-refractivity contribution in [2.45, 2.75) is 78.0 Å². The minimum absolute atomic E-state index is 0.219. The molecule has 0 heterocycles. The number of rotatable bonds is 11. The molecule has 1 atom stereocenters. The molecular weight excluding hydrogens is 386 g/mol. The van der Waals surface area contributed by atoms with Gasteiger partial charge in [0.05, 0.1) is 7.11 Å². The van der Waals surface area contributed by atoms with Gasteiger partial charge in [-0.2, -0.15) is 0 Å². The van der Waals surface area contributed by atoms with Crippen LogP contribution in [0.15, 0.2) is 48.5 Å². The minimum Gasteiger partial charge on any atom is -0.493 e. The van der Waals surface area contributed by atoms with E-state index < -0.39 is 0 Å². The van der Waals surface area contributed by atoms with Gasteiger partial charge in [0.25, 0.3) is 0 Å². The summed E-state index contributed by atoms with van der Waals surface area (Å²) in [6.07, 6.45) is 7.87. The van der Waals surface area contributed by atoms with E-state index in [1.54, 1.807) is 7.11 Å². The van der Waals surface area contributed by atoms with E-state index >= 15 is 0 Å². The average molecular weight is 424 g/mol. The highest BCUT2D eigenvalue weighted by molar-refractivity contribution is 5.76. The lowest BCUT2D eigenvalue weighted by Crippen LogP contribution is -2.37. The molecule has 0 bridgehead atoms. The summed E-state index contributed by atoms with van der Waals surface area (Å²) in [6.45, 7) is 5.38. The Morgan fingerprint density at radius 1 is 1.06 bits per heavy atom. The van der Waals surface area contributed by atoms with E-state index in [4.69, 9.17) is 9.47 Å². The third kappa shape index (κ3) is 6.75. The van der Waals surface area contributed by atoms with Crippen LogP contribution in [-0.2, 0) is 17.9 Å². The van der Waals surface area contributed by atoms with E-state index in [2.05, 4.69) is 13.8 Å². The lowest BCUT2D eigenvalue weighted by molar-refractivity contribution is -0.134. The number of ether oxygens (including phenoxy) is 2. The minimum atomic E-state index is 0.219. The van der Waals surface area contributed by atoms with Gasteiger partial charge >= 0.3 is 0 Å². The van der Waals surface area contributed by atoms with Crippen molar-refractivity contribution in [3.8, 4) is 11.5 Å². The maximum Gasteiger partial charge on any atom is 0.223 e. The van der Waals surface area contributed by atoms with E-state index in [0.717, 1.165) is 35.6 Å². The van der Waals surface area contributed by atoms with E-state index in [-0.39, 0.29) is 11.9 Å². The number of benzene rings is 2. The van der Waals surface area contributed by atoms with Crippen LogP contribution in [0.25, 0.3) is 0 Å². The van der Waals surface area contributed by atoms with Crippen molar-refractivity contribution in [3.63, 3.8) is 0 Å². The van der Waals surface area contributed by atoms with Crippen LogP contribution < -0.4 is 9.47 Å². The van der Waals surface area contributed by atoms with Crippen LogP contribution >= 0.6 is 0 Å². The van der Waals surface area contributed by atoms with Gasteiger partial charge in [0.15, 0.2) is 11.5 Å². The summed E-state index contributed by atoms with van der Waals surface area (Å²) in [5.41, 5.74) is 2.18. The Balaban J connectivity index is 1.64. The molecule has 0 N–H and O–H groups in total. The number of hydrogen-bond acceptors (Lipinski definition) is 3. The Hall–Kier alpha value is -2.49. The Bertz CT molecular complexity index is 814. The molecule has 1 aliphatic carbocycles. The molecule has 0 radical (unpaired) electrons. The molecule has 1 unspecified atom stereocenters. The molecule has 0 spiro atoms. The summed E-state index contributed by atoms with van der Waals surface area (Å²) < 4.78 is 11.6. The maximum atomic E-state index is 13.1. The second kappa shape index (κ2) is 11.8. The van der Waals surface area contributed by atoms with Gasteiger partial charge in [-0.1, -0.05) is 69.0 Å². The van der Waals surface area contributed by atoms with Crippen molar-refractivity contribution in [3.05, 3.63) is 59.7 Å². The molecule has 1 amide bonds. The number of hydrogen-bond donors (Lipinski definition) is 0. The molecule has 4 nitrogen and oxygen atoms in total. The molecule has 0 aromatic heterocycles. The Morgan fingerprint density at radius 2 is 1.81 bits per heavy atom. The molecule has 4 heteroatoms. The number of nitrogens with zero attached hydrogens (tertiary/aromatic N) is 1. The molecule has 0 saturated heterocycles. The van der Waals surface area contributed by atoms with Crippen molar-refractivity contribution in [1.82, 2.24) is 4.90 Å². The zero-order chi connectivity index (χ0) is 22.1. The third-order valence-electron chi connectivity index (χ3n) is 6.50. The van der Waals surface area contributed by atoms with Crippen molar-refractivity contribution in [1.29, 1.82) is 0 Å². The number of methoxy groups -OCH3 is 1. The van der Waals surface area contributed by atoms with Crippen LogP contribution in [0.5, 0.6) is 11.5 Å². The van der Waals surface area contributed by atoms with Crippen LogP contribution in [0.1, 0.15) is 69.9 Å². The molecule has 0 aliphatic heterocycles. The predicted octanol–water partition coefficient (Wildman–Crippen LogP) is 6.37. The molecule has 2 aromatic carbocycles. The predicted molar refractivity (Wildman–Crippen MR) is 125 cm³/mol. The molecule has 2 aromatic rings. The summed E-state index contributed by atoms with van der Waals surface area (Å²) in [4.78, 5) is 15.1. The van der Waals surface area contributed by atoms with E-state index in [9.17, 15) is 4.79 Å². The van der Waals surface area contributed by atoms with Gasteiger partial charge in [0.2, 0.25) is 5.91 Å². The highest BCUT2D eigenvalue weighted by atomic mass is 16.5. The fourth-order valence-electron chi connectivity index (χ4n) is 4.34. The molecule has 1 fully saturated rings. The largest absolute Gasteiger partial charge is 0.493 e. The number of carbonyl (C=O) groups excluding carboxylic acids is 1. The zero-order valence-electron chi connectivity index (χ0n) is 19.3. The van der Waals surface area contributed by atoms with Crippen LogP contribution in [0.2, 0.25) is 0 Å². The summed E-state index contributed by atoms with van der Waals surface area (Å²) in [6, 6.07) is 16.3. The fraction of sp³-hybridized carbons (Fsp3) is 0.519. The molecule has 31 heavy (non-hydrogen) atoms. The molecular formula is C27H37NO3. The van der Waals surface area contributed by atoms with Crippen molar-refractivity contribution < 1.29 is 14.3 Å². The number of amides is 1. The van der Waals surface area contributed by atoms with Crippen molar-refractivity contribution in [2.75, 3.05) is 7.11 Å². The SMILES string of the molecule is CCC(C)N(Cc1ccc(OCc2ccccc2)c(OC)c1)C(=O)CCC1CCCC1. The first-order valence-electron chi connectivity index (χ1n) is 11.7. The van der Waals surface area contributed by atoms with E-state index in [0.29, 0.717) is 25.3 Å². The first-order valence-corrected chi connectivity index (χ1v) is 11.7. The van der Waals surface area contributed by atoms with Crippen LogP contribution in [0.3, 0.4) is 0 Å². The van der Waals surface area contributed by atoms with Gasteiger partial charge in [0.1, 0.15) is 6.61 Å². The standard InChI is InChI=1S/C27H37NO3/c1-4-21(2)28(27(29)17-15-22-10-8-9-11-22)19-24-14-16-25(26(18-24)30-3)31-20-23-12-6-5-7-13-23/h5-7,12-14,16,18,21-22H,4,8-11,15,17,19-20H2,1-3H3. The van der Waals surface area contributed by atoms with Gasteiger partial charge in [-0.25, -0.2) is 0 Å². The lowest BCUT2D eigenvalue weighted by atomic mass is 10.0. The van der Waals surface area contributed by atoms with Crippen LogP contribution in [0, 0.1) is 5.92 Å². The smallest absolute Gasteiger partial charge is 0.223 e. The first kappa shape index (κ1) is 23.2. The Labute approximate surface area is 187 Å². The quantitative estimate of drug-likeness (QED) is 0.421. The zero-order valence-corrected chi connectivity index (χ0v) is 19.3. The van der Waals surface area contributed by atoms with Crippen molar-refractivity contribution in [2.24, 2.45) is 5.92 Å². The Morgan fingerprint density at radius 3 is 2.48 bits per heavy atom. The average Bonchev–Trinajstić information content (AvgIpc) is 3.34. The van der Waals surface area contributed by atoms with Gasteiger partial charge in [-0.05, 0) is 48.9 Å². The lowest BCUT2D eigenvalue weighted by Gasteiger charge is -2.29. The molecule has 1 aliphatic rings. The summed E-state index contributed by atoms with van der Waals surface area (Å²) in [7, 11) is 1.66. The van der Waals surface area contributed by atoms with Gasteiger partial charge in [-0.3, -0.25) is 4.79 Å². The summed E-state index contributed by atoms with van der Waals surface area (Å²) in [5, 5.41) is 0. The topological polar surface area (TPSA) is 38.8 Å². The van der Waals surface area contributed by atoms with Gasteiger partial charge < -0.3 is 14.4 Å². The van der Waals surface area contributed by atoms with Crippen LogP contribution in [0.4, 0.5) is 0 Å². The maximum absolute atomic E-state index is 13.1. The van der Waals surface area contributed by atoms with Crippen molar-refractivity contribution >= 4 is 5.91 Å². The Kier molecular flexibility index (Phi) is 8.81. The van der Waals surface area contributed by atoms with E-state index in [1.807, 2.05) is 53.4 Å². The monoisotopic (exact) mass is 423 g/mol. The number of carbonyl (C=O) groups is 1. The van der Waals surface area contributed by atoms with E-state index in [1.165, 1.54) is 25.7 Å². The summed E-state index contributed by atoms with van der Waals surface area (Å²) >= 11 is 0. The third-order valence-corrected chi connectivity index (χ3v) is 6.50. The second-order valence-corrected chi connectivity index (χ2v) is 8.73. The fourth-order valence-corrected chi connectivity index (χ4v) is 4.34. The molecule has 3 rings (SSSR count). The highest BCUT2D eigenvalue weighted by Crippen LogP contribution is 2.31. The van der Waals surface area contributed by atoms with Gasteiger partial charge in [-0.15, -0.1) is 0 Å².